The van der Waals surface area contributed by atoms with Crippen molar-refractivity contribution in [3.63, 3.8) is 0 Å². The van der Waals surface area contributed by atoms with Crippen LogP contribution in [0.15, 0.2) is 17.3 Å². The van der Waals surface area contributed by atoms with E-state index in [-0.39, 0.29) is 30.6 Å². The molecule has 0 aromatic rings. The first-order chi connectivity index (χ1) is 9.93. The Morgan fingerprint density at radius 3 is 2.81 bits per heavy atom. The number of nitrogens with zero attached hydrogens (tertiary/aromatic N) is 3. The van der Waals surface area contributed by atoms with Crippen molar-refractivity contribution in [1.82, 2.24) is 0 Å². The molecule has 0 aliphatic carbocycles. The van der Waals surface area contributed by atoms with Gasteiger partial charge in [0.15, 0.2) is 5.79 Å². The first kappa shape index (κ1) is 17.5. The van der Waals surface area contributed by atoms with Gasteiger partial charge in [-0.3, -0.25) is 4.79 Å². The van der Waals surface area contributed by atoms with Gasteiger partial charge in [-0.15, -0.1) is 0 Å². The lowest BCUT2D eigenvalue weighted by Crippen LogP contribution is -2.24. The molecule has 3 atom stereocenters. The van der Waals surface area contributed by atoms with Gasteiger partial charge in [0.25, 0.3) is 0 Å². The summed E-state index contributed by atoms with van der Waals surface area (Å²) >= 11 is 0. The summed E-state index contributed by atoms with van der Waals surface area (Å²) in [6.07, 6.45) is 4.44. The highest BCUT2D eigenvalue weighted by Crippen LogP contribution is 2.29. The zero-order valence-corrected chi connectivity index (χ0v) is 13.0. The van der Waals surface area contributed by atoms with Crippen molar-refractivity contribution >= 4 is 5.97 Å². The number of carbonyl (C=O) groups excluding carboxylic acids is 1. The van der Waals surface area contributed by atoms with E-state index >= 15 is 0 Å². The SMILES string of the molecule is CC[C@H](C/C=C/[C@@H]1OC(C)(C)O[C@@H]1CN=[N+]=[N-])C(=O)OC. The number of allylic oxidation sites excluding steroid dienone is 1. The van der Waals surface area contributed by atoms with Gasteiger partial charge in [-0.1, -0.05) is 24.2 Å². The second kappa shape index (κ2) is 8.02. The summed E-state index contributed by atoms with van der Waals surface area (Å²) in [5, 5.41) is 3.54. The molecule has 1 fully saturated rings. The fraction of sp³-hybridized carbons (Fsp3) is 0.786. The first-order valence-electron chi connectivity index (χ1n) is 7.04. The van der Waals surface area contributed by atoms with Gasteiger partial charge in [-0.05, 0) is 32.2 Å². The third-order valence-electron chi connectivity index (χ3n) is 3.32. The molecule has 1 saturated heterocycles. The van der Waals surface area contributed by atoms with Crippen LogP contribution in [0.3, 0.4) is 0 Å². The molecule has 0 saturated carbocycles. The number of rotatable bonds is 7. The van der Waals surface area contributed by atoms with Crippen molar-refractivity contribution in [3.05, 3.63) is 22.6 Å². The van der Waals surface area contributed by atoms with Gasteiger partial charge < -0.3 is 14.2 Å². The Kier molecular flexibility index (Phi) is 6.68. The Hall–Kier alpha value is -1.56. The molecule has 1 aliphatic rings. The predicted molar refractivity (Wildman–Crippen MR) is 77.4 cm³/mol. The molecule has 0 radical (unpaired) electrons. The van der Waals surface area contributed by atoms with Crippen LogP contribution in [-0.4, -0.2) is 37.6 Å². The van der Waals surface area contributed by atoms with Gasteiger partial charge in [0.05, 0.1) is 25.7 Å². The Bertz CT molecular complexity index is 430. The summed E-state index contributed by atoms with van der Waals surface area (Å²) in [7, 11) is 1.39. The van der Waals surface area contributed by atoms with Crippen LogP contribution in [0, 0.1) is 5.92 Å². The quantitative estimate of drug-likeness (QED) is 0.237. The third kappa shape index (κ3) is 5.38. The molecule has 7 heteroatoms. The Labute approximate surface area is 124 Å². The van der Waals surface area contributed by atoms with Gasteiger partial charge in [0.1, 0.15) is 6.10 Å². The molecule has 0 aromatic heterocycles. The van der Waals surface area contributed by atoms with Crippen molar-refractivity contribution in [2.75, 3.05) is 13.7 Å². The van der Waals surface area contributed by atoms with E-state index in [4.69, 9.17) is 19.7 Å². The standard InChI is InChI=1S/C14H23N3O4/c1-5-10(13(18)19-4)7-6-8-11-12(9-16-17-15)21-14(2,3)20-11/h6,8,10-12H,5,7,9H2,1-4H3/b8-6+/t10-,11+,12-/m1/s1. The molecule has 0 spiro atoms. The molecule has 1 rings (SSSR count). The molecule has 0 aromatic carbocycles. The van der Waals surface area contributed by atoms with Gasteiger partial charge in [-0.25, -0.2) is 0 Å². The third-order valence-corrected chi connectivity index (χ3v) is 3.32. The Morgan fingerprint density at radius 2 is 2.24 bits per heavy atom. The fourth-order valence-corrected chi connectivity index (χ4v) is 2.26. The van der Waals surface area contributed by atoms with Crippen molar-refractivity contribution in [2.24, 2.45) is 11.0 Å². The monoisotopic (exact) mass is 297 g/mol. The maximum atomic E-state index is 11.5. The average Bonchev–Trinajstić information content (AvgIpc) is 2.74. The van der Waals surface area contributed by atoms with E-state index in [1.54, 1.807) is 0 Å². The topological polar surface area (TPSA) is 93.5 Å². The molecule has 118 valence electrons. The summed E-state index contributed by atoms with van der Waals surface area (Å²) in [4.78, 5) is 14.3. The smallest absolute Gasteiger partial charge is 0.308 e. The maximum absolute atomic E-state index is 11.5. The number of methoxy groups -OCH3 is 1. The van der Waals surface area contributed by atoms with E-state index in [9.17, 15) is 4.79 Å². The van der Waals surface area contributed by atoms with Crippen molar-refractivity contribution < 1.29 is 19.0 Å². The van der Waals surface area contributed by atoms with E-state index < -0.39 is 5.79 Å². The molecule has 1 heterocycles. The second-order valence-corrected chi connectivity index (χ2v) is 5.34. The number of esters is 1. The van der Waals surface area contributed by atoms with Crippen LogP contribution in [0.25, 0.3) is 10.4 Å². The number of hydrogen-bond acceptors (Lipinski definition) is 5. The van der Waals surface area contributed by atoms with Crippen molar-refractivity contribution in [2.45, 2.75) is 51.6 Å². The lowest BCUT2D eigenvalue weighted by molar-refractivity contribution is -0.145. The van der Waals surface area contributed by atoms with Crippen LogP contribution >= 0.6 is 0 Å². The highest BCUT2D eigenvalue weighted by molar-refractivity contribution is 5.72. The predicted octanol–water partition coefficient (Wildman–Crippen LogP) is 2.96. The van der Waals surface area contributed by atoms with Crippen molar-refractivity contribution in [3.8, 4) is 0 Å². The van der Waals surface area contributed by atoms with E-state index in [2.05, 4.69) is 10.0 Å². The zero-order valence-electron chi connectivity index (χ0n) is 13.0. The summed E-state index contributed by atoms with van der Waals surface area (Å²) in [6, 6.07) is 0. The van der Waals surface area contributed by atoms with Crippen LogP contribution in [0.1, 0.15) is 33.6 Å². The normalized spacial score (nSPS) is 25.5. The minimum Gasteiger partial charge on any atom is -0.469 e. The first-order valence-corrected chi connectivity index (χ1v) is 7.04. The van der Waals surface area contributed by atoms with Crippen LogP contribution in [-0.2, 0) is 19.0 Å². The van der Waals surface area contributed by atoms with E-state index in [0.717, 1.165) is 0 Å². The second-order valence-electron chi connectivity index (χ2n) is 5.34. The van der Waals surface area contributed by atoms with Crippen LogP contribution < -0.4 is 0 Å². The minimum atomic E-state index is -0.711. The van der Waals surface area contributed by atoms with Crippen molar-refractivity contribution in [1.29, 1.82) is 0 Å². The van der Waals surface area contributed by atoms with Crippen LogP contribution in [0.5, 0.6) is 0 Å². The van der Waals surface area contributed by atoms with Crippen LogP contribution in [0.4, 0.5) is 0 Å². The molecular formula is C14H23N3O4. The molecule has 0 unspecified atom stereocenters. The van der Waals surface area contributed by atoms with Gasteiger partial charge >= 0.3 is 5.97 Å². The Morgan fingerprint density at radius 1 is 1.52 bits per heavy atom. The molecule has 0 N–H and O–H groups in total. The number of hydrogen-bond donors (Lipinski definition) is 0. The van der Waals surface area contributed by atoms with E-state index in [1.165, 1.54) is 7.11 Å². The number of ether oxygens (including phenoxy) is 3. The van der Waals surface area contributed by atoms with E-state index in [0.29, 0.717) is 12.8 Å². The van der Waals surface area contributed by atoms with Crippen LogP contribution in [0.2, 0.25) is 0 Å². The highest BCUT2D eigenvalue weighted by atomic mass is 16.7. The highest BCUT2D eigenvalue weighted by Gasteiger charge is 2.39. The number of carbonyl (C=O) groups is 1. The van der Waals surface area contributed by atoms with E-state index in [1.807, 2.05) is 32.9 Å². The maximum Gasteiger partial charge on any atom is 0.308 e. The van der Waals surface area contributed by atoms with Gasteiger partial charge in [-0.2, -0.15) is 0 Å². The average molecular weight is 297 g/mol. The largest absolute Gasteiger partial charge is 0.469 e. The lowest BCUT2D eigenvalue weighted by atomic mass is 10.0. The molecule has 1 aliphatic heterocycles. The summed E-state index contributed by atoms with van der Waals surface area (Å²) in [6.45, 7) is 5.78. The summed E-state index contributed by atoms with van der Waals surface area (Å²) in [5.74, 6) is -1.08. The molecule has 0 bridgehead atoms. The molecule has 0 amide bonds. The summed E-state index contributed by atoms with van der Waals surface area (Å²) in [5.41, 5.74) is 8.40. The zero-order chi connectivity index (χ0) is 15.9. The lowest BCUT2D eigenvalue weighted by Gasteiger charge is -2.16. The molecular weight excluding hydrogens is 274 g/mol. The summed E-state index contributed by atoms with van der Waals surface area (Å²) < 4.78 is 16.2. The molecule has 21 heavy (non-hydrogen) atoms. The molecule has 7 nitrogen and oxygen atoms in total. The van der Waals surface area contributed by atoms with Gasteiger partial charge in [0.2, 0.25) is 0 Å². The van der Waals surface area contributed by atoms with Gasteiger partial charge in [0, 0.05) is 4.91 Å². The number of azide groups is 1. The Balaban J connectivity index is 2.63. The fourth-order valence-electron chi connectivity index (χ4n) is 2.26. The minimum absolute atomic E-state index is 0.155.